The summed E-state index contributed by atoms with van der Waals surface area (Å²) in [5.74, 6) is 1.07. The number of ether oxygens (including phenoxy) is 1. The van der Waals surface area contributed by atoms with Crippen LogP contribution in [0.4, 0.5) is 5.95 Å². The van der Waals surface area contributed by atoms with Crippen LogP contribution < -0.4 is 9.46 Å². The molecule has 1 aromatic carbocycles. The van der Waals surface area contributed by atoms with Gasteiger partial charge >= 0.3 is 0 Å². The summed E-state index contributed by atoms with van der Waals surface area (Å²) < 4.78 is 35.6. The van der Waals surface area contributed by atoms with E-state index in [1.807, 2.05) is 31.2 Å². The van der Waals surface area contributed by atoms with Gasteiger partial charge in [0, 0.05) is 18.8 Å². The van der Waals surface area contributed by atoms with Gasteiger partial charge in [-0.05, 0) is 43.2 Å². The molecule has 2 heterocycles. The average Bonchev–Trinajstić information content (AvgIpc) is 3.10. The van der Waals surface area contributed by atoms with Crippen LogP contribution in [0.15, 0.2) is 41.6 Å². The lowest BCUT2D eigenvalue weighted by Gasteiger charge is -2.33. The van der Waals surface area contributed by atoms with E-state index >= 15 is 0 Å². The molecular weight excluding hydrogens is 402 g/mol. The minimum atomic E-state index is -3.86. The highest BCUT2D eigenvalue weighted by Gasteiger charge is 2.34. The number of rotatable bonds is 5. The van der Waals surface area contributed by atoms with E-state index in [1.165, 1.54) is 17.1 Å². The van der Waals surface area contributed by atoms with Gasteiger partial charge in [0.25, 0.3) is 10.0 Å². The van der Waals surface area contributed by atoms with Gasteiger partial charge in [0.05, 0.1) is 11.9 Å². The lowest BCUT2D eigenvalue weighted by atomic mass is 9.75. The standard InChI is InChI=1S/C21H25N5O3S/c1-14-8-5-6-10-17(14)29-19-18-16(9-7-11-21(18,2)3)23-20(24-19)25-30(27,28)15-12-22-26(4)13-15/h5-6,8,10,12-13H,7,9,11H2,1-4H3,(H,23,24,25). The van der Waals surface area contributed by atoms with Gasteiger partial charge in [-0.3, -0.25) is 4.68 Å². The predicted octanol–water partition coefficient (Wildman–Crippen LogP) is 3.73. The van der Waals surface area contributed by atoms with Crippen molar-refractivity contribution in [2.45, 2.75) is 50.3 Å². The third-order valence-corrected chi connectivity index (χ3v) is 6.64. The SMILES string of the molecule is Cc1ccccc1Oc1nc(NS(=O)(=O)c2cnn(C)c2)nc2c1C(C)(C)CCC2. The molecule has 0 amide bonds. The van der Waals surface area contributed by atoms with Crippen LogP contribution >= 0.6 is 0 Å². The van der Waals surface area contributed by atoms with Crippen LogP contribution in [0.5, 0.6) is 11.6 Å². The van der Waals surface area contributed by atoms with Crippen molar-refractivity contribution in [3.05, 3.63) is 53.5 Å². The predicted molar refractivity (Wildman–Crippen MR) is 113 cm³/mol. The first-order chi connectivity index (χ1) is 14.2. The van der Waals surface area contributed by atoms with Crippen LogP contribution in [0.2, 0.25) is 0 Å². The van der Waals surface area contributed by atoms with Gasteiger partial charge < -0.3 is 4.74 Å². The molecule has 0 aliphatic heterocycles. The van der Waals surface area contributed by atoms with Crippen LogP contribution in [0, 0.1) is 6.92 Å². The number of fused-ring (bicyclic) bond motifs is 1. The zero-order valence-electron chi connectivity index (χ0n) is 17.5. The van der Waals surface area contributed by atoms with Gasteiger partial charge in [0.2, 0.25) is 11.8 Å². The van der Waals surface area contributed by atoms with Crippen molar-refractivity contribution < 1.29 is 13.2 Å². The minimum absolute atomic E-state index is 0.00103. The second-order valence-electron chi connectivity index (χ2n) is 8.23. The lowest BCUT2D eigenvalue weighted by molar-refractivity contribution is 0.381. The van der Waals surface area contributed by atoms with E-state index in [4.69, 9.17) is 4.74 Å². The first kappa shape index (κ1) is 20.3. The van der Waals surface area contributed by atoms with E-state index < -0.39 is 10.0 Å². The molecule has 0 radical (unpaired) electrons. The highest BCUT2D eigenvalue weighted by atomic mass is 32.2. The molecule has 3 aromatic rings. The number of nitrogens with one attached hydrogen (secondary N) is 1. The zero-order chi connectivity index (χ0) is 21.5. The molecule has 0 saturated heterocycles. The van der Waals surface area contributed by atoms with Gasteiger partial charge in [0.15, 0.2) is 0 Å². The van der Waals surface area contributed by atoms with E-state index in [1.54, 1.807) is 7.05 Å². The van der Waals surface area contributed by atoms with Crippen molar-refractivity contribution in [3.8, 4) is 11.6 Å². The third kappa shape index (κ3) is 3.89. The van der Waals surface area contributed by atoms with Crippen molar-refractivity contribution in [2.24, 2.45) is 7.05 Å². The Hall–Kier alpha value is -2.94. The summed E-state index contributed by atoms with van der Waals surface area (Å²) in [4.78, 5) is 9.08. The molecule has 0 saturated carbocycles. The molecule has 8 nitrogen and oxygen atoms in total. The number of para-hydroxylation sites is 1. The quantitative estimate of drug-likeness (QED) is 0.666. The summed E-state index contributed by atoms with van der Waals surface area (Å²) in [5.41, 5.74) is 2.54. The number of hydrogen-bond donors (Lipinski definition) is 1. The molecule has 30 heavy (non-hydrogen) atoms. The summed E-state index contributed by atoms with van der Waals surface area (Å²) in [5, 5.41) is 3.93. The molecule has 4 rings (SSSR count). The fraction of sp³-hybridized carbons (Fsp3) is 0.381. The fourth-order valence-electron chi connectivity index (χ4n) is 3.78. The van der Waals surface area contributed by atoms with Crippen molar-refractivity contribution >= 4 is 16.0 Å². The fourth-order valence-corrected chi connectivity index (χ4v) is 4.71. The molecule has 0 bridgehead atoms. The molecule has 0 spiro atoms. The van der Waals surface area contributed by atoms with Crippen LogP contribution in [0.3, 0.4) is 0 Å². The number of aromatic nitrogens is 4. The lowest BCUT2D eigenvalue weighted by Crippen LogP contribution is -2.27. The minimum Gasteiger partial charge on any atom is -0.438 e. The molecule has 0 unspecified atom stereocenters. The van der Waals surface area contributed by atoms with Gasteiger partial charge in [-0.25, -0.2) is 18.1 Å². The Balaban J connectivity index is 1.79. The monoisotopic (exact) mass is 427 g/mol. The highest BCUT2D eigenvalue weighted by Crippen LogP contribution is 2.42. The smallest absolute Gasteiger partial charge is 0.267 e. The highest BCUT2D eigenvalue weighted by molar-refractivity contribution is 7.92. The molecule has 0 atom stereocenters. The molecule has 158 valence electrons. The summed E-state index contributed by atoms with van der Waals surface area (Å²) in [7, 11) is -2.20. The maximum absolute atomic E-state index is 12.7. The van der Waals surface area contributed by atoms with Crippen LogP contribution in [-0.2, 0) is 28.9 Å². The van der Waals surface area contributed by atoms with Gasteiger partial charge in [-0.15, -0.1) is 0 Å². The first-order valence-corrected chi connectivity index (χ1v) is 11.3. The summed E-state index contributed by atoms with van der Waals surface area (Å²) in [6.07, 6.45) is 5.40. The Morgan fingerprint density at radius 3 is 2.67 bits per heavy atom. The number of benzene rings is 1. The second kappa shape index (κ2) is 7.39. The molecule has 1 aliphatic rings. The first-order valence-electron chi connectivity index (χ1n) is 9.82. The van der Waals surface area contributed by atoms with E-state index in [-0.39, 0.29) is 16.3 Å². The molecule has 1 N–H and O–H groups in total. The van der Waals surface area contributed by atoms with Crippen molar-refractivity contribution in [3.63, 3.8) is 0 Å². The van der Waals surface area contributed by atoms with Crippen LogP contribution in [0.1, 0.15) is 43.5 Å². The van der Waals surface area contributed by atoms with Crippen molar-refractivity contribution in [1.29, 1.82) is 0 Å². The Kier molecular flexibility index (Phi) is 5.01. The van der Waals surface area contributed by atoms with E-state index in [9.17, 15) is 8.42 Å². The molecule has 2 aromatic heterocycles. The molecule has 0 fully saturated rings. The Bertz CT molecular complexity index is 1200. The van der Waals surface area contributed by atoms with Gasteiger partial charge in [-0.2, -0.15) is 10.1 Å². The number of anilines is 1. The maximum Gasteiger partial charge on any atom is 0.267 e. The van der Waals surface area contributed by atoms with E-state index in [0.717, 1.165) is 36.1 Å². The molecule has 1 aliphatic carbocycles. The van der Waals surface area contributed by atoms with Crippen molar-refractivity contribution in [2.75, 3.05) is 4.72 Å². The van der Waals surface area contributed by atoms with Crippen molar-refractivity contribution in [1.82, 2.24) is 19.7 Å². The van der Waals surface area contributed by atoms with Gasteiger partial charge in [-0.1, -0.05) is 32.0 Å². The number of sulfonamides is 1. The average molecular weight is 428 g/mol. The Morgan fingerprint density at radius 1 is 1.20 bits per heavy atom. The van der Waals surface area contributed by atoms with E-state index in [2.05, 4.69) is 33.6 Å². The van der Waals surface area contributed by atoms with Gasteiger partial charge in [0.1, 0.15) is 10.6 Å². The molecule has 9 heteroatoms. The zero-order valence-corrected chi connectivity index (χ0v) is 18.3. The second-order valence-corrected chi connectivity index (χ2v) is 9.92. The normalized spacial score (nSPS) is 15.5. The van der Waals surface area contributed by atoms with Crippen LogP contribution in [-0.4, -0.2) is 28.2 Å². The number of aryl methyl sites for hydroxylation is 3. The Labute approximate surface area is 176 Å². The summed E-state index contributed by atoms with van der Waals surface area (Å²) in [6, 6.07) is 7.67. The topological polar surface area (TPSA) is 99.0 Å². The van der Waals surface area contributed by atoms with E-state index in [0.29, 0.717) is 11.6 Å². The largest absolute Gasteiger partial charge is 0.438 e. The number of hydrogen-bond acceptors (Lipinski definition) is 6. The van der Waals surface area contributed by atoms with Crippen LogP contribution in [0.25, 0.3) is 0 Å². The third-order valence-electron chi connectivity index (χ3n) is 5.36. The number of nitrogens with zero attached hydrogens (tertiary/aromatic N) is 4. The maximum atomic E-state index is 12.7. The summed E-state index contributed by atoms with van der Waals surface area (Å²) >= 11 is 0. The molecular formula is C21H25N5O3S. The summed E-state index contributed by atoms with van der Waals surface area (Å²) in [6.45, 7) is 6.23. The Morgan fingerprint density at radius 2 is 1.97 bits per heavy atom.